The summed E-state index contributed by atoms with van der Waals surface area (Å²) in [5.74, 6) is 1.15. The van der Waals surface area contributed by atoms with Gasteiger partial charge < -0.3 is 0 Å². The van der Waals surface area contributed by atoms with E-state index in [1.165, 1.54) is 6.42 Å². The van der Waals surface area contributed by atoms with Gasteiger partial charge in [0.05, 0.1) is 0 Å². The molecule has 0 radical (unpaired) electrons. The van der Waals surface area contributed by atoms with E-state index in [0.29, 0.717) is 11.8 Å². The highest BCUT2D eigenvalue weighted by atomic mass is 19.1. The molecular formula is C10H15F. The fourth-order valence-electron chi connectivity index (χ4n) is 1.34. The lowest BCUT2D eigenvalue weighted by atomic mass is 9.86. The van der Waals surface area contributed by atoms with Gasteiger partial charge in [0.2, 0.25) is 0 Å². The molecule has 0 amide bonds. The van der Waals surface area contributed by atoms with E-state index in [1.807, 2.05) is 6.08 Å². The van der Waals surface area contributed by atoms with Crippen LogP contribution in [0.4, 0.5) is 4.39 Å². The highest BCUT2D eigenvalue weighted by molar-refractivity contribution is 5.17. The molecule has 0 aromatic rings. The maximum Gasteiger partial charge on any atom is 0.118 e. The molecule has 0 N–H and O–H groups in total. The molecule has 0 fully saturated rings. The van der Waals surface area contributed by atoms with E-state index in [-0.39, 0.29) is 5.83 Å². The second-order valence-corrected chi connectivity index (χ2v) is 3.23. The van der Waals surface area contributed by atoms with Crippen molar-refractivity contribution in [3.05, 3.63) is 24.1 Å². The smallest absolute Gasteiger partial charge is 0.118 e. The van der Waals surface area contributed by atoms with E-state index in [2.05, 4.69) is 13.8 Å². The molecule has 2 atom stereocenters. The van der Waals surface area contributed by atoms with Crippen molar-refractivity contribution in [1.29, 1.82) is 0 Å². The van der Waals surface area contributed by atoms with Gasteiger partial charge in [-0.1, -0.05) is 26.3 Å². The molecule has 11 heavy (non-hydrogen) atoms. The van der Waals surface area contributed by atoms with Gasteiger partial charge in [0.15, 0.2) is 0 Å². The van der Waals surface area contributed by atoms with Gasteiger partial charge in [-0.3, -0.25) is 0 Å². The highest BCUT2D eigenvalue weighted by Crippen LogP contribution is 2.25. The monoisotopic (exact) mass is 154 g/mol. The molecule has 0 aromatic heterocycles. The largest absolute Gasteiger partial charge is 0.207 e. The van der Waals surface area contributed by atoms with Crippen LogP contribution in [0, 0.1) is 11.8 Å². The van der Waals surface area contributed by atoms with Gasteiger partial charge in [-0.05, 0) is 30.4 Å². The van der Waals surface area contributed by atoms with Crippen molar-refractivity contribution < 1.29 is 4.39 Å². The zero-order chi connectivity index (χ0) is 8.27. The van der Waals surface area contributed by atoms with Gasteiger partial charge in [-0.25, -0.2) is 4.39 Å². The Morgan fingerprint density at radius 2 is 2.45 bits per heavy atom. The molecule has 1 rings (SSSR count). The number of hydrogen-bond donors (Lipinski definition) is 0. The molecule has 0 saturated heterocycles. The topological polar surface area (TPSA) is 0 Å². The summed E-state index contributed by atoms with van der Waals surface area (Å²) in [4.78, 5) is 0. The molecule has 1 aliphatic rings. The molecule has 0 aliphatic heterocycles. The lowest BCUT2D eigenvalue weighted by Crippen LogP contribution is -2.09. The van der Waals surface area contributed by atoms with Gasteiger partial charge in [0.1, 0.15) is 5.83 Å². The first-order chi connectivity index (χ1) is 5.24. The van der Waals surface area contributed by atoms with Crippen molar-refractivity contribution in [2.45, 2.75) is 26.7 Å². The van der Waals surface area contributed by atoms with Crippen LogP contribution in [0.25, 0.3) is 0 Å². The third-order valence-electron chi connectivity index (χ3n) is 2.46. The van der Waals surface area contributed by atoms with Crippen molar-refractivity contribution in [2.24, 2.45) is 11.8 Å². The van der Waals surface area contributed by atoms with Gasteiger partial charge in [-0.2, -0.15) is 0 Å². The average molecular weight is 154 g/mol. The van der Waals surface area contributed by atoms with Crippen LogP contribution in [0.2, 0.25) is 0 Å². The minimum Gasteiger partial charge on any atom is -0.207 e. The van der Waals surface area contributed by atoms with E-state index in [9.17, 15) is 4.39 Å². The number of halogens is 1. The molecule has 0 spiro atoms. The minimum absolute atomic E-state index is 0.0791. The van der Waals surface area contributed by atoms with Crippen LogP contribution < -0.4 is 0 Å². The Bertz CT molecular complexity index is 179. The SMILES string of the molecule is CCC(C)C1C=CC(F)=CC1. The zero-order valence-corrected chi connectivity index (χ0v) is 7.18. The first-order valence-corrected chi connectivity index (χ1v) is 4.28. The molecule has 2 unspecified atom stereocenters. The summed E-state index contributed by atoms with van der Waals surface area (Å²) in [5, 5.41) is 0. The summed E-state index contributed by atoms with van der Waals surface area (Å²) in [7, 11) is 0. The summed E-state index contributed by atoms with van der Waals surface area (Å²) in [6.45, 7) is 4.39. The Hall–Kier alpha value is -0.590. The van der Waals surface area contributed by atoms with Crippen molar-refractivity contribution in [3.8, 4) is 0 Å². The van der Waals surface area contributed by atoms with Gasteiger partial charge in [0.25, 0.3) is 0 Å². The Balaban J connectivity index is 2.48. The summed E-state index contributed by atoms with van der Waals surface area (Å²) in [5.41, 5.74) is 0. The molecule has 0 nitrogen and oxygen atoms in total. The van der Waals surface area contributed by atoms with Crippen LogP contribution in [-0.2, 0) is 0 Å². The van der Waals surface area contributed by atoms with Crippen molar-refractivity contribution >= 4 is 0 Å². The quantitative estimate of drug-likeness (QED) is 0.571. The number of allylic oxidation sites excluding steroid dienone is 4. The average Bonchev–Trinajstić information content (AvgIpc) is 2.05. The first kappa shape index (κ1) is 8.51. The van der Waals surface area contributed by atoms with Crippen LogP contribution in [-0.4, -0.2) is 0 Å². The van der Waals surface area contributed by atoms with E-state index < -0.39 is 0 Å². The number of hydrogen-bond acceptors (Lipinski definition) is 0. The first-order valence-electron chi connectivity index (χ1n) is 4.28. The van der Waals surface area contributed by atoms with Crippen LogP contribution >= 0.6 is 0 Å². The predicted octanol–water partition coefficient (Wildman–Crippen LogP) is 3.46. The molecule has 62 valence electrons. The van der Waals surface area contributed by atoms with Crippen molar-refractivity contribution in [1.82, 2.24) is 0 Å². The standard InChI is InChI=1S/C10H15F/c1-3-8(2)9-4-6-10(11)7-5-9/h4,6-9H,3,5H2,1-2H3. The molecule has 0 bridgehead atoms. The third kappa shape index (κ3) is 2.18. The maximum atomic E-state index is 12.5. The Kier molecular flexibility index (Phi) is 2.86. The van der Waals surface area contributed by atoms with E-state index in [0.717, 1.165) is 6.42 Å². The van der Waals surface area contributed by atoms with Gasteiger partial charge >= 0.3 is 0 Å². The van der Waals surface area contributed by atoms with E-state index >= 15 is 0 Å². The summed E-state index contributed by atoms with van der Waals surface area (Å²) in [6.07, 6.45) is 7.29. The highest BCUT2D eigenvalue weighted by Gasteiger charge is 2.13. The molecule has 0 heterocycles. The van der Waals surface area contributed by atoms with Crippen LogP contribution in [0.3, 0.4) is 0 Å². The normalized spacial score (nSPS) is 26.5. The summed E-state index contributed by atoms with van der Waals surface area (Å²) in [6, 6.07) is 0. The molecule has 0 saturated carbocycles. The minimum atomic E-state index is -0.0791. The van der Waals surface area contributed by atoms with Crippen LogP contribution in [0.15, 0.2) is 24.1 Å². The summed E-state index contributed by atoms with van der Waals surface area (Å²) >= 11 is 0. The predicted molar refractivity (Wildman–Crippen MR) is 45.9 cm³/mol. The second kappa shape index (κ2) is 3.70. The number of rotatable bonds is 2. The Labute approximate surface area is 67.8 Å². The Morgan fingerprint density at radius 3 is 2.91 bits per heavy atom. The Morgan fingerprint density at radius 1 is 1.73 bits per heavy atom. The van der Waals surface area contributed by atoms with Crippen LogP contribution in [0.5, 0.6) is 0 Å². The molecule has 1 heteroatoms. The van der Waals surface area contributed by atoms with Gasteiger partial charge in [-0.15, -0.1) is 0 Å². The van der Waals surface area contributed by atoms with Gasteiger partial charge in [0, 0.05) is 0 Å². The zero-order valence-electron chi connectivity index (χ0n) is 7.18. The van der Waals surface area contributed by atoms with Crippen molar-refractivity contribution in [3.63, 3.8) is 0 Å². The fraction of sp³-hybridized carbons (Fsp3) is 0.600. The maximum absolute atomic E-state index is 12.5. The van der Waals surface area contributed by atoms with E-state index in [4.69, 9.17) is 0 Å². The fourth-order valence-corrected chi connectivity index (χ4v) is 1.34. The molecule has 1 aliphatic carbocycles. The van der Waals surface area contributed by atoms with Crippen LogP contribution in [0.1, 0.15) is 26.7 Å². The second-order valence-electron chi connectivity index (χ2n) is 3.23. The molecular weight excluding hydrogens is 139 g/mol. The van der Waals surface area contributed by atoms with Crippen molar-refractivity contribution in [2.75, 3.05) is 0 Å². The van der Waals surface area contributed by atoms with E-state index in [1.54, 1.807) is 12.2 Å². The lowest BCUT2D eigenvalue weighted by Gasteiger charge is -2.19. The lowest BCUT2D eigenvalue weighted by molar-refractivity contribution is 0.411. The summed E-state index contributed by atoms with van der Waals surface area (Å²) < 4.78 is 12.5. The molecule has 0 aromatic carbocycles. The third-order valence-corrected chi connectivity index (χ3v) is 2.46.